The van der Waals surface area contributed by atoms with Gasteiger partial charge in [-0.15, -0.1) is 0 Å². The number of benzene rings is 2. The Labute approximate surface area is 164 Å². The standard InChI is InChI=1S/C20H24N6O2/c1-4-28-17-9-8-16(11-18(17)27-3)25-20(21-2)22-12-14-6-5-7-15(10-14)19-23-13-24-26-19/h5-11,13H,4,12H2,1-3H3,(H2,21,22,25)(H,23,24,26). The van der Waals surface area contributed by atoms with Crippen molar-refractivity contribution in [3.05, 3.63) is 54.4 Å². The summed E-state index contributed by atoms with van der Waals surface area (Å²) in [5.74, 6) is 2.77. The third-order valence-electron chi connectivity index (χ3n) is 4.03. The molecule has 8 nitrogen and oxygen atoms in total. The van der Waals surface area contributed by atoms with Crippen molar-refractivity contribution in [2.45, 2.75) is 13.5 Å². The second-order valence-electron chi connectivity index (χ2n) is 5.88. The van der Waals surface area contributed by atoms with Gasteiger partial charge in [-0.05, 0) is 30.7 Å². The van der Waals surface area contributed by atoms with Gasteiger partial charge in [0.15, 0.2) is 23.3 Å². The fourth-order valence-electron chi connectivity index (χ4n) is 2.69. The molecule has 0 saturated carbocycles. The summed E-state index contributed by atoms with van der Waals surface area (Å²) >= 11 is 0. The highest BCUT2D eigenvalue weighted by Gasteiger charge is 2.07. The van der Waals surface area contributed by atoms with Crippen LogP contribution in [0, 0.1) is 0 Å². The summed E-state index contributed by atoms with van der Waals surface area (Å²) in [6.07, 6.45) is 1.50. The van der Waals surface area contributed by atoms with Crippen LogP contribution in [0.25, 0.3) is 11.4 Å². The molecule has 0 fully saturated rings. The first-order valence-corrected chi connectivity index (χ1v) is 8.96. The van der Waals surface area contributed by atoms with Crippen LogP contribution >= 0.6 is 0 Å². The minimum Gasteiger partial charge on any atom is -0.493 e. The molecule has 0 bridgehead atoms. The summed E-state index contributed by atoms with van der Waals surface area (Å²) in [5, 5.41) is 13.3. The van der Waals surface area contributed by atoms with E-state index in [1.54, 1.807) is 14.2 Å². The molecule has 2 aromatic carbocycles. The van der Waals surface area contributed by atoms with Crippen LogP contribution in [0.3, 0.4) is 0 Å². The lowest BCUT2D eigenvalue weighted by Gasteiger charge is -2.15. The van der Waals surface area contributed by atoms with Crippen molar-refractivity contribution in [3.63, 3.8) is 0 Å². The first-order valence-electron chi connectivity index (χ1n) is 8.96. The van der Waals surface area contributed by atoms with Crippen LogP contribution in [-0.2, 0) is 6.54 Å². The molecule has 0 aliphatic rings. The van der Waals surface area contributed by atoms with E-state index in [4.69, 9.17) is 9.47 Å². The molecule has 3 rings (SSSR count). The van der Waals surface area contributed by atoms with Crippen molar-refractivity contribution >= 4 is 11.6 Å². The van der Waals surface area contributed by atoms with Crippen molar-refractivity contribution in [1.82, 2.24) is 20.5 Å². The van der Waals surface area contributed by atoms with Gasteiger partial charge in [0, 0.05) is 30.9 Å². The summed E-state index contributed by atoms with van der Waals surface area (Å²) in [6.45, 7) is 3.13. The Kier molecular flexibility index (Phi) is 6.46. The molecule has 1 aromatic heterocycles. The second-order valence-corrected chi connectivity index (χ2v) is 5.88. The number of ether oxygens (including phenoxy) is 2. The summed E-state index contributed by atoms with van der Waals surface area (Å²) in [5.41, 5.74) is 2.93. The minimum atomic E-state index is 0.583. The number of hydrogen-bond donors (Lipinski definition) is 3. The molecule has 0 aliphatic heterocycles. The molecule has 3 aromatic rings. The Morgan fingerprint density at radius 2 is 2.07 bits per heavy atom. The Bertz CT molecular complexity index is 924. The fraction of sp³-hybridized carbons (Fsp3) is 0.250. The van der Waals surface area contributed by atoms with Gasteiger partial charge in [-0.2, -0.15) is 5.10 Å². The van der Waals surface area contributed by atoms with Crippen LogP contribution in [0.15, 0.2) is 53.8 Å². The Morgan fingerprint density at radius 3 is 2.79 bits per heavy atom. The first kappa shape index (κ1) is 19.2. The number of nitrogens with one attached hydrogen (secondary N) is 3. The maximum Gasteiger partial charge on any atom is 0.195 e. The molecule has 0 radical (unpaired) electrons. The predicted molar refractivity (Wildman–Crippen MR) is 110 cm³/mol. The molecule has 0 amide bonds. The van der Waals surface area contributed by atoms with E-state index in [1.807, 2.05) is 43.3 Å². The zero-order valence-electron chi connectivity index (χ0n) is 16.2. The van der Waals surface area contributed by atoms with Gasteiger partial charge >= 0.3 is 0 Å². The minimum absolute atomic E-state index is 0.583. The average molecular weight is 380 g/mol. The van der Waals surface area contributed by atoms with Crippen LogP contribution in [0.5, 0.6) is 11.5 Å². The van der Waals surface area contributed by atoms with Gasteiger partial charge in [-0.3, -0.25) is 10.1 Å². The number of aromatic nitrogens is 3. The van der Waals surface area contributed by atoms with Gasteiger partial charge in [0.1, 0.15) is 6.33 Å². The highest BCUT2D eigenvalue weighted by Crippen LogP contribution is 2.30. The third-order valence-corrected chi connectivity index (χ3v) is 4.03. The Balaban J connectivity index is 1.65. The lowest BCUT2D eigenvalue weighted by atomic mass is 10.1. The number of guanidine groups is 1. The van der Waals surface area contributed by atoms with Crippen molar-refractivity contribution < 1.29 is 9.47 Å². The topological polar surface area (TPSA) is 96.5 Å². The number of anilines is 1. The third kappa shape index (κ3) is 4.79. The first-order chi connectivity index (χ1) is 13.7. The van der Waals surface area contributed by atoms with Crippen LogP contribution in [-0.4, -0.2) is 41.9 Å². The number of rotatable bonds is 7. The molecular weight excluding hydrogens is 356 g/mol. The Hall–Kier alpha value is -3.55. The number of methoxy groups -OCH3 is 1. The molecule has 3 N–H and O–H groups in total. The number of aliphatic imine (C=N–C) groups is 1. The zero-order chi connectivity index (χ0) is 19.8. The molecule has 0 spiro atoms. The molecular formula is C20H24N6O2. The van der Waals surface area contributed by atoms with E-state index in [0.717, 1.165) is 22.6 Å². The van der Waals surface area contributed by atoms with Gasteiger partial charge in [-0.1, -0.05) is 18.2 Å². The van der Waals surface area contributed by atoms with E-state index in [2.05, 4.69) is 36.9 Å². The average Bonchev–Trinajstić information content (AvgIpc) is 3.27. The smallest absolute Gasteiger partial charge is 0.195 e. The highest BCUT2D eigenvalue weighted by atomic mass is 16.5. The SMILES string of the molecule is CCOc1ccc(NC(=NC)NCc2cccc(-c3ncn[nH]3)c2)cc1OC. The number of nitrogens with zero attached hydrogens (tertiary/aromatic N) is 3. The maximum absolute atomic E-state index is 5.55. The molecule has 28 heavy (non-hydrogen) atoms. The van der Waals surface area contributed by atoms with E-state index in [9.17, 15) is 0 Å². The zero-order valence-corrected chi connectivity index (χ0v) is 16.2. The second kappa shape index (κ2) is 9.40. The molecule has 0 saturated heterocycles. The van der Waals surface area contributed by atoms with Gasteiger partial charge in [0.25, 0.3) is 0 Å². The van der Waals surface area contributed by atoms with Gasteiger partial charge in [0.2, 0.25) is 0 Å². The van der Waals surface area contributed by atoms with Crippen molar-refractivity contribution in [3.8, 4) is 22.9 Å². The molecule has 1 heterocycles. The largest absolute Gasteiger partial charge is 0.493 e. The van der Waals surface area contributed by atoms with E-state index in [1.165, 1.54) is 6.33 Å². The number of H-pyrrole nitrogens is 1. The summed E-state index contributed by atoms with van der Waals surface area (Å²) in [6, 6.07) is 13.7. The molecule has 146 valence electrons. The van der Waals surface area contributed by atoms with Crippen molar-refractivity contribution in [2.24, 2.45) is 4.99 Å². The quantitative estimate of drug-likeness (QED) is 0.431. The van der Waals surface area contributed by atoms with Crippen LogP contribution in [0.4, 0.5) is 5.69 Å². The molecule has 0 unspecified atom stereocenters. The van der Waals surface area contributed by atoms with Crippen LogP contribution in [0.2, 0.25) is 0 Å². The lowest BCUT2D eigenvalue weighted by molar-refractivity contribution is 0.311. The van der Waals surface area contributed by atoms with Crippen molar-refractivity contribution in [2.75, 3.05) is 26.1 Å². The van der Waals surface area contributed by atoms with Gasteiger partial charge in [-0.25, -0.2) is 4.98 Å². The van der Waals surface area contributed by atoms with Crippen molar-refractivity contribution in [1.29, 1.82) is 0 Å². The van der Waals surface area contributed by atoms with Crippen LogP contribution in [0.1, 0.15) is 12.5 Å². The van der Waals surface area contributed by atoms with Gasteiger partial charge < -0.3 is 20.1 Å². The normalized spacial score (nSPS) is 11.2. The van der Waals surface area contributed by atoms with E-state index in [-0.39, 0.29) is 0 Å². The van der Waals surface area contributed by atoms with Gasteiger partial charge in [0.05, 0.1) is 13.7 Å². The van der Waals surface area contributed by atoms with E-state index < -0.39 is 0 Å². The predicted octanol–water partition coefficient (Wildman–Crippen LogP) is 3.07. The molecule has 8 heteroatoms. The molecule has 0 aliphatic carbocycles. The summed E-state index contributed by atoms with van der Waals surface area (Å²) in [7, 11) is 3.35. The maximum atomic E-state index is 5.55. The van der Waals surface area contributed by atoms with E-state index in [0.29, 0.717) is 30.6 Å². The Morgan fingerprint density at radius 1 is 1.18 bits per heavy atom. The van der Waals surface area contributed by atoms with Crippen LogP contribution < -0.4 is 20.1 Å². The molecule has 0 atom stereocenters. The number of aromatic amines is 1. The monoisotopic (exact) mass is 380 g/mol. The summed E-state index contributed by atoms with van der Waals surface area (Å²) < 4.78 is 10.9. The highest BCUT2D eigenvalue weighted by molar-refractivity contribution is 5.93. The number of hydrogen-bond acceptors (Lipinski definition) is 5. The summed E-state index contributed by atoms with van der Waals surface area (Å²) in [4.78, 5) is 8.46. The fourth-order valence-corrected chi connectivity index (χ4v) is 2.69. The lowest BCUT2D eigenvalue weighted by Crippen LogP contribution is -2.30. The van der Waals surface area contributed by atoms with E-state index >= 15 is 0 Å².